The number of nitrogens with zero attached hydrogens (tertiary/aromatic N) is 3. The Labute approximate surface area is 313 Å². The molecule has 1 atom stereocenters. The van der Waals surface area contributed by atoms with Gasteiger partial charge in [-0.15, -0.1) is 24.9 Å². The lowest BCUT2D eigenvalue weighted by molar-refractivity contribution is -0.274. The van der Waals surface area contributed by atoms with E-state index >= 15 is 0 Å². The summed E-state index contributed by atoms with van der Waals surface area (Å²) in [5, 5.41) is 5.21. The van der Waals surface area contributed by atoms with Crippen molar-refractivity contribution in [2.75, 3.05) is 38.7 Å². The number of ether oxygens (including phenoxy) is 4. The van der Waals surface area contributed by atoms with Gasteiger partial charge in [-0.05, 0) is 85.6 Å². The van der Waals surface area contributed by atoms with Gasteiger partial charge in [-0.25, -0.2) is 15.2 Å². The van der Waals surface area contributed by atoms with Crippen molar-refractivity contribution in [3.63, 3.8) is 0 Å². The smallest absolute Gasteiger partial charge is 0.493 e. The lowest BCUT2D eigenvalue weighted by Gasteiger charge is -2.32. The summed E-state index contributed by atoms with van der Waals surface area (Å²) in [5.74, 6) is 0.656. The molecule has 3 heterocycles. The van der Waals surface area contributed by atoms with Crippen LogP contribution in [0.3, 0.4) is 0 Å². The fourth-order valence-corrected chi connectivity index (χ4v) is 7.07. The molecule has 1 unspecified atom stereocenters. The molecule has 6 rings (SSSR count). The van der Waals surface area contributed by atoms with E-state index in [-0.39, 0.29) is 17.2 Å². The molecule has 0 saturated carbocycles. The minimum atomic E-state index is -5.10. The van der Waals surface area contributed by atoms with Gasteiger partial charge in [-0.1, -0.05) is 30.7 Å². The number of fused-ring (bicyclic) bond motifs is 1. The predicted octanol–water partition coefficient (Wildman–Crippen LogP) is 8.91. The third-order valence-corrected chi connectivity index (χ3v) is 9.91. The molecular weight excluding hydrogens is 735 g/mol. The van der Waals surface area contributed by atoms with E-state index < -0.39 is 29.4 Å². The highest BCUT2D eigenvalue weighted by molar-refractivity contribution is 8.02. The van der Waals surface area contributed by atoms with Gasteiger partial charge in [0.05, 0.1) is 24.9 Å². The number of rotatable bonds is 12. The first kappa shape index (κ1) is 37.9. The molecule has 0 aliphatic carbocycles. The van der Waals surface area contributed by atoms with Crippen molar-refractivity contribution in [1.29, 1.82) is 0 Å². The molecule has 0 radical (unpaired) electrons. The maximum atomic E-state index is 13.6. The minimum Gasteiger partial charge on any atom is -0.493 e. The number of piperidine rings is 1. The third-order valence-electron chi connectivity index (χ3n) is 8.64. The van der Waals surface area contributed by atoms with Gasteiger partial charge >= 0.3 is 12.4 Å². The lowest BCUT2D eigenvalue weighted by atomic mass is 9.99. The molecule has 11 nitrogen and oxygen atoms in total. The van der Waals surface area contributed by atoms with Crippen molar-refractivity contribution >= 4 is 51.9 Å². The Morgan fingerprint density at radius 2 is 1.85 bits per heavy atom. The number of hydrogen-bond donors (Lipinski definition) is 2. The number of anilines is 1. The molecule has 1 aromatic heterocycles. The number of halogens is 4. The van der Waals surface area contributed by atoms with Gasteiger partial charge in [0.1, 0.15) is 16.9 Å². The van der Waals surface area contributed by atoms with Crippen molar-refractivity contribution in [2.24, 2.45) is 5.92 Å². The summed E-state index contributed by atoms with van der Waals surface area (Å²) < 4.78 is 62.7. The van der Waals surface area contributed by atoms with Gasteiger partial charge in [0.2, 0.25) is 0 Å². The maximum absolute atomic E-state index is 13.6. The Bertz CT molecular complexity index is 1980. The molecule has 280 valence electrons. The minimum absolute atomic E-state index is 0.0251. The largest absolute Gasteiger partial charge is 0.573 e. The monoisotopic (exact) mass is 771 g/mol. The summed E-state index contributed by atoms with van der Waals surface area (Å²) in [4.78, 5) is 32.7. The highest BCUT2D eigenvalue weighted by Crippen LogP contribution is 2.40. The standard InChI is InChI=1S/C37H37ClF3N5O6S/c1-23-10-15-45(16-11-23)14-4-17-50-33-22-29-27(21-32(33)49-2)30(9-13-42-29)51-26-7-8-28(31(20-26)52-37(39,40)41)43-36(48)44-46-34(47)12-18-53-35(46)24-5-3-6-25(38)19-24/h3,5-9,12-13,18-23,35H,4,10-11,14-17H2,1-2H3,(H2,43,44,48). The van der Waals surface area contributed by atoms with Crippen LogP contribution in [-0.2, 0) is 4.79 Å². The summed E-state index contributed by atoms with van der Waals surface area (Å²) in [6, 6.07) is 14.3. The van der Waals surface area contributed by atoms with Crippen LogP contribution in [0.2, 0.25) is 5.02 Å². The van der Waals surface area contributed by atoms with Gasteiger partial charge in [-0.3, -0.25) is 9.78 Å². The molecule has 1 fully saturated rings. The molecule has 2 aliphatic rings. The number of benzene rings is 3. The second-order valence-electron chi connectivity index (χ2n) is 12.5. The number of carbonyl (C=O) groups is 2. The highest BCUT2D eigenvalue weighted by atomic mass is 35.5. The van der Waals surface area contributed by atoms with Crippen LogP contribution < -0.4 is 29.7 Å². The van der Waals surface area contributed by atoms with E-state index in [1.165, 1.54) is 56.1 Å². The first-order valence-electron chi connectivity index (χ1n) is 16.8. The molecule has 4 aromatic rings. The van der Waals surface area contributed by atoms with E-state index in [0.717, 1.165) is 43.0 Å². The fourth-order valence-electron chi connectivity index (χ4n) is 5.94. The number of alkyl halides is 3. The van der Waals surface area contributed by atoms with Crippen molar-refractivity contribution in [2.45, 2.75) is 37.9 Å². The molecule has 2 N–H and O–H groups in total. The zero-order chi connectivity index (χ0) is 37.5. The SMILES string of the molecule is COc1cc2c(Oc3ccc(NC(=O)NN4C(=O)C=CSC4c4cccc(Cl)c4)c(OC(F)(F)F)c3)ccnc2cc1OCCCN1CCC(C)CC1. The normalized spacial score (nSPS) is 16.8. The second-order valence-corrected chi connectivity index (χ2v) is 13.9. The number of likely N-dealkylation sites (tertiary alicyclic amines) is 1. The summed E-state index contributed by atoms with van der Waals surface area (Å²) in [7, 11) is 1.51. The second kappa shape index (κ2) is 16.9. The lowest BCUT2D eigenvalue weighted by Crippen LogP contribution is -2.49. The number of aromatic nitrogens is 1. The van der Waals surface area contributed by atoms with E-state index in [9.17, 15) is 22.8 Å². The quantitative estimate of drug-likeness (QED) is 0.136. The first-order valence-corrected chi connectivity index (χ1v) is 18.2. The van der Waals surface area contributed by atoms with E-state index in [1.807, 2.05) is 0 Å². The van der Waals surface area contributed by atoms with Crippen molar-refractivity contribution < 1.29 is 41.7 Å². The van der Waals surface area contributed by atoms with Gasteiger partial charge in [0.15, 0.2) is 17.2 Å². The van der Waals surface area contributed by atoms with Crippen molar-refractivity contribution in [3.8, 4) is 28.7 Å². The predicted molar refractivity (Wildman–Crippen MR) is 196 cm³/mol. The maximum Gasteiger partial charge on any atom is 0.573 e. The van der Waals surface area contributed by atoms with Crippen LogP contribution in [0, 0.1) is 5.92 Å². The topological polar surface area (TPSA) is 114 Å². The zero-order valence-corrected chi connectivity index (χ0v) is 30.4. The van der Waals surface area contributed by atoms with Crippen LogP contribution in [0.1, 0.15) is 37.1 Å². The zero-order valence-electron chi connectivity index (χ0n) is 28.8. The molecule has 16 heteroatoms. The molecular formula is C37H37ClF3N5O6S. The molecule has 53 heavy (non-hydrogen) atoms. The summed E-state index contributed by atoms with van der Waals surface area (Å²) in [6.07, 6.45) is 0.905. The van der Waals surface area contributed by atoms with Crippen LogP contribution in [0.5, 0.6) is 28.7 Å². The van der Waals surface area contributed by atoms with Crippen molar-refractivity contribution in [1.82, 2.24) is 20.3 Å². The number of thioether (sulfide) groups is 1. The number of urea groups is 1. The van der Waals surface area contributed by atoms with E-state index in [1.54, 1.807) is 47.9 Å². The van der Waals surface area contributed by atoms with Gasteiger partial charge in [-0.2, -0.15) is 0 Å². The summed E-state index contributed by atoms with van der Waals surface area (Å²) in [5.41, 5.74) is 3.21. The molecule has 3 aromatic carbocycles. The average molecular weight is 772 g/mol. The van der Waals surface area contributed by atoms with Crippen LogP contribution in [-0.4, -0.2) is 66.5 Å². The number of hydrogen-bond acceptors (Lipinski definition) is 9. The van der Waals surface area contributed by atoms with E-state index in [2.05, 4.69) is 32.3 Å². The van der Waals surface area contributed by atoms with Crippen LogP contribution in [0.4, 0.5) is 23.7 Å². The summed E-state index contributed by atoms with van der Waals surface area (Å²) in [6.45, 7) is 5.89. The number of pyridine rings is 1. The van der Waals surface area contributed by atoms with Gasteiger partial charge in [0, 0.05) is 41.4 Å². The molecule has 1 saturated heterocycles. The van der Waals surface area contributed by atoms with Crippen LogP contribution in [0.15, 0.2) is 78.3 Å². The molecule has 2 aliphatic heterocycles. The number of methoxy groups -OCH3 is 1. The Hall–Kier alpha value is -4.86. The average Bonchev–Trinajstić information content (AvgIpc) is 3.12. The molecule has 3 amide bonds. The fraction of sp³-hybridized carbons (Fsp3) is 0.324. The molecule has 0 spiro atoms. The number of amides is 3. The van der Waals surface area contributed by atoms with E-state index in [4.69, 9.17) is 25.8 Å². The van der Waals surface area contributed by atoms with Crippen LogP contribution in [0.25, 0.3) is 10.9 Å². The number of carbonyl (C=O) groups excluding carboxylic acids is 2. The van der Waals surface area contributed by atoms with E-state index in [0.29, 0.717) is 39.6 Å². The van der Waals surface area contributed by atoms with Crippen LogP contribution >= 0.6 is 23.4 Å². The Kier molecular flexibility index (Phi) is 12.1. The Balaban J connectivity index is 1.16. The highest BCUT2D eigenvalue weighted by Gasteiger charge is 2.33. The Morgan fingerprint density at radius 1 is 1.04 bits per heavy atom. The number of hydrazine groups is 1. The number of nitrogens with one attached hydrogen (secondary N) is 2. The van der Waals surface area contributed by atoms with Crippen molar-refractivity contribution in [3.05, 3.63) is 88.9 Å². The summed E-state index contributed by atoms with van der Waals surface area (Å²) >= 11 is 7.35. The Morgan fingerprint density at radius 3 is 2.60 bits per heavy atom. The molecule has 0 bridgehead atoms. The first-order chi connectivity index (χ1) is 25.5. The van der Waals surface area contributed by atoms with Gasteiger partial charge < -0.3 is 29.2 Å². The van der Waals surface area contributed by atoms with Gasteiger partial charge in [0.25, 0.3) is 5.91 Å². The third kappa shape index (κ3) is 9.97.